The summed E-state index contributed by atoms with van der Waals surface area (Å²) in [5, 5.41) is 13.4. The number of nitrogens with one attached hydrogen (secondary N) is 1. The second kappa shape index (κ2) is 6.99. The molecule has 0 atom stereocenters. The van der Waals surface area contributed by atoms with Crippen molar-refractivity contribution in [3.8, 4) is 11.8 Å². The van der Waals surface area contributed by atoms with Crippen LogP contribution in [0.4, 0.5) is 0 Å². The summed E-state index contributed by atoms with van der Waals surface area (Å²) in [4.78, 5) is 19.9. The van der Waals surface area contributed by atoms with E-state index in [0.29, 0.717) is 12.1 Å². The zero-order chi connectivity index (χ0) is 20.0. The zero-order valence-corrected chi connectivity index (χ0v) is 16.8. The first-order valence-corrected chi connectivity index (χ1v) is 10.3. The minimum absolute atomic E-state index is 0.0102. The Labute approximate surface area is 171 Å². The predicted molar refractivity (Wildman–Crippen MR) is 113 cm³/mol. The van der Waals surface area contributed by atoms with Crippen molar-refractivity contribution in [1.82, 2.24) is 19.7 Å². The fraction of sp³-hybridized carbons (Fsp3) is 0.227. The van der Waals surface area contributed by atoms with Crippen LogP contribution in [0.2, 0.25) is 0 Å². The van der Waals surface area contributed by atoms with E-state index < -0.39 is 0 Å². The van der Waals surface area contributed by atoms with E-state index in [1.165, 1.54) is 0 Å². The Balaban J connectivity index is 1.43. The van der Waals surface area contributed by atoms with Crippen LogP contribution in [0.1, 0.15) is 27.4 Å². The summed E-state index contributed by atoms with van der Waals surface area (Å²) in [5.41, 5.74) is 5.41. The number of aryl methyl sites for hydroxylation is 1. The third-order valence-corrected chi connectivity index (χ3v) is 6.27. The quantitative estimate of drug-likeness (QED) is 0.570. The molecule has 0 amide bonds. The van der Waals surface area contributed by atoms with Crippen LogP contribution in [-0.2, 0) is 19.5 Å². The smallest absolute Gasteiger partial charge is 0.275 e. The highest BCUT2D eigenvalue weighted by molar-refractivity contribution is 7.18. The number of rotatable bonds is 3. The number of hydrogen-bond acceptors (Lipinski definition) is 5. The topological polar surface area (TPSA) is 77.7 Å². The molecule has 7 heteroatoms. The third-order valence-electron chi connectivity index (χ3n) is 5.33. The summed E-state index contributed by atoms with van der Waals surface area (Å²) in [6.07, 6.45) is 0.803. The van der Waals surface area contributed by atoms with E-state index in [2.05, 4.69) is 21.1 Å². The van der Waals surface area contributed by atoms with E-state index in [4.69, 9.17) is 5.26 Å². The van der Waals surface area contributed by atoms with E-state index in [9.17, 15) is 4.79 Å². The molecule has 29 heavy (non-hydrogen) atoms. The summed E-state index contributed by atoms with van der Waals surface area (Å²) in [6, 6.07) is 15.8. The van der Waals surface area contributed by atoms with E-state index in [-0.39, 0.29) is 5.56 Å². The molecule has 0 saturated carbocycles. The maximum absolute atomic E-state index is 13.1. The first kappa shape index (κ1) is 17.9. The van der Waals surface area contributed by atoms with E-state index in [1.54, 1.807) is 16.0 Å². The standard InChI is InChI=1S/C22H19N5OS/c1-14-24-20-6-5-17(10-21(20)29-14)27-22(28)18-13-26(8-7-19(18)25-27)12-16-4-2-3-15(9-16)11-23/h2-6,9-10,25H,7-8,12-13H2,1H3. The van der Waals surface area contributed by atoms with E-state index in [1.807, 2.05) is 49.4 Å². The molecule has 6 nitrogen and oxygen atoms in total. The van der Waals surface area contributed by atoms with Crippen LogP contribution < -0.4 is 5.56 Å². The normalized spacial score (nSPS) is 14.1. The molecule has 5 rings (SSSR count). The van der Waals surface area contributed by atoms with Crippen LogP contribution in [-0.4, -0.2) is 26.2 Å². The van der Waals surface area contributed by atoms with Gasteiger partial charge in [-0.05, 0) is 42.8 Å². The van der Waals surface area contributed by atoms with Crippen LogP contribution in [0.3, 0.4) is 0 Å². The Morgan fingerprint density at radius 2 is 2.17 bits per heavy atom. The van der Waals surface area contributed by atoms with Crippen molar-refractivity contribution < 1.29 is 0 Å². The fourth-order valence-corrected chi connectivity index (χ4v) is 4.80. The van der Waals surface area contributed by atoms with Crippen LogP contribution >= 0.6 is 11.3 Å². The van der Waals surface area contributed by atoms with Gasteiger partial charge in [0.25, 0.3) is 5.56 Å². The summed E-state index contributed by atoms with van der Waals surface area (Å²) in [6.45, 7) is 4.20. The van der Waals surface area contributed by atoms with Crippen LogP contribution in [0.5, 0.6) is 0 Å². The maximum Gasteiger partial charge on any atom is 0.275 e. The monoisotopic (exact) mass is 401 g/mol. The molecule has 2 aromatic carbocycles. The lowest BCUT2D eigenvalue weighted by atomic mass is 10.1. The van der Waals surface area contributed by atoms with Gasteiger partial charge in [-0.25, -0.2) is 9.67 Å². The lowest BCUT2D eigenvalue weighted by Gasteiger charge is -2.25. The minimum Gasteiger partial charge on any atom is -0.295 e. The Bertz CT molecular complexity index is 1320. The maximum atomic E-state index is 13.1. The highest BCUT2D eigenvalue weighted by atomic mass is 32.1. The summed E-state index contributed by atoms with van der Waals surface area (Å²) in [5.74, 6) is 0. The first-order chi connectivity index (χ1) is 14.1. The summed E-state index contributed by atoms with van der Waals surface area (Å²) < 4.78 is 2.73. The highest BCUT2D eigenvalue weighted by Crippen LogP contribution is 2.24. The largest absolute Gasteiger partial charge is 0.295 e. The van der Waals surface area contributed by atoms with Crippen molar-refractivity contribution in [2.45, 2.75) is 26.4 Å². The van der Waals surface area contributed by atoms with Gasteiger partial charge in [0.15, 0.2) is 0 Å². The van der Waals surface area contributed by atoms with Gasteiger partial charge in [0, 0.05) is 31.7 Å². The molecule has 0 unspecified atom stereocenters. The average molecular weight is 401 g/mol. The van der Waals surface area contributed by atoms with Gasteiger partial charge in [-0.15, -0.1) is 11.3 Å². The molecule has 0 spiro atoms. The number of hydrogen-bond donors (Lipinski definition) is 1. The van der Waals surface area contributed by atoms with Gasteiger partial charge >= 0.3 is 0 Å². The number of fused-ring (bicyclic) bond motifs is 2. The van der Waals surface area contributed by atoms with Crippen molar-refractivity contribution in [3.63, 3.8) is 0 Å². The van der Waals surface area contributed by atoms with Gasteiger partial charge in [0.2, 0.25) is 0 Å². The van der Waals surface area contributed by atoms with Gasteiger partial charge in [0.05, 0.1) is 38.1 Å². The molecular weight excluding hydrogens is 382 g/mol. The summed E-state index contributed by atoms with van der Waals surface area (Å²) >= 11 is 1.63. The predicted octanol–water partition coefficient (Wildman–Crippen LogP) is 3.51. The van der Waals surface area contributed by atoms with Gasteiger partial charge in [-0.2, -0.15) is 5.26 Å². The van der Waals surface area contributed by atoms with Crippen molar-refractivity contribution in [2.24, 2.45) is 0 Å². The molecule has 144 valence electrons. The van der Waals surface area contributed by atoms with Crippen molar-refractivity contribution in [3.05, 3.63) is 80.2 Å². The molecule has 0 bridgehead atoms. The molecule has 2 aromatic heterocycles. The average Bonchev–Trinajstić information content (AvgIpc) is 3.26. The number of thiazole rings is 1. The second-order valence-corrected chi connectivity index (χ2v) is 8.60. The minimum atomic E-state index is 0.0102. The molecular formula is C22H19N5OS. The Kier molecular flexibility index (Phi) is 4.31. The van der Waals surface area contributed by atoms with Crippen molar-refractivity contribution in [1.29, 1.82) is 5.26 Å². The Morgan fingerprint density at radius 1 is 1.28 bits per heavy atom. The second-order valence-electron chi connectivity index (χ2n) is 7.37. The van der Waals surface area contributed by atoms with Crippen LogP contribution in [0.15, 0.2) is 47.3 Å². The zero-order valence-electron chi connectivity index (χ0n) is 16.0. The molecule has 1 aliphatic rings. The SMILES string of the molecule is Cc1nc2ccc(-n3[nH]c4c(c3=O)CN(Cc3cccc(C#N)c3)CC4)cc2s1. The molecule has 0 aliphatic carbocycles. The van der Waals surface area contributed by atoms with E-state index in [0.717, 1.165) is 57.2 Å². The molecule has 1 N–H and O–H groups in total. The van der Waals surface area contributed by atoms with Crippen LogP contribution in [0, 0.1) is 18.3 Å². The highest BCUT2D eigenvalue weighted by Gasteiger charge is 2.23. The lowest BCUT2D eigenvalue weighted by Crippen LogP contribution is -2.32. The van der Waals surface area contributed by atoms with Crippen molar-refractivity contribution in [2.75, 3.05) is 6.54 Å². The number of H-pyrrole nitrogens is 1. The van der Waals surface area contributed by atoms with Gasteiger partial charge in [-0.1, -0.05) is 12.1 Å². The summed E-state index contributed by atoms with van der Waals surface area (Å²) in [7, 11) is 0. The molecule has 3 heterocycles. The molecule has 0 saturated heterocycles. The number of nitrogens with zero attached hydrogens (tertiary/aromatic N) is 4. The Hall–Kier alpha value is -3.21. The number of aromatic nitrogens is 3. The number of aromatic amines is 1. The number of benzene rings is 2. The van der Waals surface area contributed by atoms with Gasteiger partial charge < -0.3 is 0 Å². The molecule has 0 radical (unpaired) electrons. The third kappa shape index (κ3) is 3.27. The molecule has 4 aromatic rings. The molecule has 0 fully saturated rings. The van der Waals surface area contributed by atoms with Gasteiger partial charge in [0.1, 0.15) is 0 Å². The fourth-order valence-electron chi connectivity index (χ4n) is 3.94. The van der Waals surface area contributed by atoms with E-state index >= 15 is 0 Å². The lowest BCUT2D eigenvalue weighted by molar-refractivity contribution is 0.244. The molecule has 1 aliphatic heterocycles. The van der Waals surface area contributed by atoms with Crippen LogP contribution in [0.25, 0.3) is 15.9 Å². The Morgan fingerprint density at radius 3 is 3.03 bits per heavy atom. The number of nitriles is 1. The van der Waals surface area contributed by atoms with Gasteiger partial charge in [-0.3, -0.25) is 14.8 Å². The first-order valence-electron chi connectivity index (χ1n) is 9.52. The van der Waals surface area contributed by atoms with Crippen molar-refractivity contribution >= 4 is 21.6 Å².